The standard InChI is InChI=1S/C6H5F3Si.C3H6/c7-10(8,9)6-4-2-1-3-5-6;1-3-2/h1-5H;3H,1H2,2H3. The summed E-state index contributed by atoms with van der Waals surface area (Å²) < 4.78 is 35.8. The molecule has 1 aromatic carbocycles. The van der Waals surface area contributed by atoms with Crippen LogP contribution in [0.5, 0.6) is 0 Å². The summed E-state index contributed by atoms with van der Waals surface area (Å²) in [4.78, 5) is 0. The van der Waals surface area contributed by atoms with E-state index in [1.807, 2.05) is 6.92 Å². The van der Waals surface area contributed by atoms with Gasteiger partial charge >= 0.3 is 9.08 Å². The van der Waals surface area contributed by atoms with Crippen LogP contribution in [-0.4, -0.2) is 9.08 Å². The molecule has 4 heteroatoms. The third-order valence-corrected chi connectivity index (χ3v) is 2.09. The Labute approximate surface area is 77.2 Å². The van der Waals surface area contributed by atoms with E-state index in [-0.39, 0.29) is 0 Å². The van der Waals surface area contributed by atoms with Crippen LogP contribution < -0.4 is 5.19 Å². The van der Waals surface area contributed by atoms with Gasteiger partial charge in [-0.1, -0.05) is 36.4 Å². The van der Waals surface area contributed by atoms with Gasteiger partial charge < -0.3 is 0 Å². The Morgan fingerprint density at radius 2 is 1.54 bits per heavy atom. The summed E-state index contributed by atoms with van der Waals surface area (Å²) in [5.74, 6) is 0. The summed E-state index contributed by atoms with van der Waals surface area (Å²) in [6.45, 7) is 5.25. The van der Waals surface area contributed by atoms with Gasteiger partial charge in [0, 0.05) is 5.19 Å². The minimum atomic E-state index is -5.53. The Bertz CT molecular complexity index is 241. The SMILES string of the molecule is C=CC.F[Si](F)(F)c1ccccc1. The summed E-state index contributed by atoms with van der Waals surface area (Å²) in [7, 11) is -5.53. The Hall–Kier alpha value is -1.03. The third-order valence-electron chi connectivity index (χ3n) is 1.10. The molecule has 0 heterocycles. The number of rotatable bonds is 1. The van der Waals surface area contributed by atoms with E-state index in [2.05, 4.69) is 6.58 Å². The normalized spacial score (nSPS) is 9.85. The van der Waals surface area contributed by atoms with Crippen LogP contribution in [-0.2, 0) is 0 Å². The molecule has 72 valence electrons. The minimum Gasteiger partial charge on any atom is -0.234 e. The molecular weight excluding hydrogens is 193 g/mol. The van der Waals surface area contributed by atoms with Gasteiger partial charge in [0.2, 0.25) is 0 Å². The summed E-state index contributed by atoms with van der Waals surface area (Å²) in [5, 5.41) is -0.463. The zero-order valence-corrected chi connectivity index (χ0v) is 8.31. The highest BCUT2D eigenvalue weighted by Crippen LogP contribution is 2.07. The summed E-state index contributed by atoms with van der Waals surface area (Å²) in [6, 6.07) is 6.58. The maximum absolute atomic E-state index is 11.9. The van der Waals surface area contributed by atoms with Gasteiger partial charge in [-0.3, -0.25) is 0 Å². The fourth-order valence-corrected chi connectivity index (χ4v) is 1.20. The first-order valence-electron chi connectivity index (χ1n) is 3.71. The molecule has 0 bridgehead atoms. The maximum atomic E-state index is 11.9. The molecule has 0 nitrogen and oxygen atoms in total. The second kappa shape index (κ2) is 5.58. The lowest BCUT2D eigenvalue weighted by atomic mass is 10.4. The van der Waals surface area contributed by atoms with Crippen molar-refractivity contribution in [3.8, 4) is 0 Å². The van der Waals surface area contributed by atoms with E-state index in [0.717, 1.165) is 12.1 Å². The molecule has 1 aromatic rings. The van der Waals surface area contributed by atoms with Crippen molar-refractivity contribution in [3.63, 3.8) is 0 Å². The third kappa shape index (κ3) is 5.24. The summed E-state index contributed by atoms with van der Waals surface area (Å²) in [5.41, 5.74) is 0. The molecule has 0 atom stereocenters. The average Bonchev–Trinajstić information content (AvgIpc) is 2.06. The van der Waals surface area contributed by atoms with Crippen molar-refractivity contribution in [3.05, 3.63) is 43.0 Å². The van der Waals surface area contributed by atoms with Crippen LogP contribution in [0.15, 0.2) is 43.0 Å². The lowest BCUT2D eigenvalue weighted by Crippen LogP contribution is -2.33. The van der Waals surface area contributed by atoms with Crippen LogP contribution in [0, 0.1) is 0 Å². The molecule has 0 saturated carbocycles. The fraction of sp³-hybridized carbons (Fsp3) is 0.111. The zero-order valence-electron chi connectivity index (χ0n) is 7.31. The highest BCUT2D eigenvalue weighted by molar-refractivity contribution is 6.73. The highest BCUT2D eigenvalue weighted by Gasteiger charge is 2.39. The van der Waals surface area contributed by atoms with Gasteiger partial charge in [-0.2, -0.15) is 0 Å². The molecule has 0 amide bonds. The number of hydrogen-bond acceptors (Lipinski definition) is 0. The van der Waals surface area contributed by atoms with E-state index in [1.165, 1.54) is 12.1 Å². The van der Waals surface area contributed by atoms with Crippen LogP contribution in [0.25, 0.3) is 0 Å². The van der Waals surface area contributed by atoms with Crippen LogP contribution in [0.2, 0.25) is 0 Å². The molecule has 0 aliphatic rings. The topological polar surface area (TPSA) is 0 Å². The zero-order chi connectivity index (χ0) is 10.3. The molecule has 0 fully saturated rings. The lowest BCUT2D eigenvalue weighted by molar-refractivity contribution is 0.501. The second-order valence-corrected chi connectivity index (χ2v) is 3.84. The van der Waals surface area contributed by atoms with Gasteiger partial charge in [-0.25, -0.2) is 12.3 Å². The monoisotopic (exact) mass is 204 g/mol. The highest BCUT2D eigenvalue weighted by atomic mass is 28.5. The molecule has 0 radical (unpaired) electrons. The van der Waals surface area contributed by atoms with Gasteiger partial charge in [0.1, 0.15) is 0 Å². The van der Waals surface area contributed by atoms with Gasteiger partial charge in [-0.05, 0) is 6.92 Å². The fourth-order valence-electron chi connectivity index (χ4n) is 0.627. The largest absolute Gasteiger partial charge is 0.653 e. The number of halogens is 3. The quantitative estimate of drug-likeness (QED) is 0.375. The van der Waals surface area contributed by atoms with Crippen LogP contribution >= 0.6 is 0 Å². The predicted octanol–water partition coefficient (Wildman–Crippen LogP) is 2.93. The smallest absolute Gasteiger partial charge is 0.234 e. The predicted molar refractivity (Wildman–Crippen MR) is 51.0 cm³/mol. The van der Waals surface area contributed by atoms with Crippen molar-refractivity contribution in [1.29, 1.82) is 0 Å². The van der Waals surface area contributed by atoms with E-state index in [0.29, 0.717) is 0 Å². The van der Waals surface area contributed by atoms with Crippen molar-refractivity contribution in [1.82, 2.24) is 0 Å². The molecule has 1 rings (SSSR count). The van der Waals surface area contributed by atoms with E-state index < -0.39 is 14.3 Å². The minimum absolute atomic E-state index is 0.463. The van der Waals surface area contributed by atoms with Crippen molar-refractivity contribution in [2.75, 3.05) is 0 Å². The molecular formula is C9H11F3Si. The van der Waals surface area contributed by atoms with Gasteiger partial charge in [0.05, 0.1) is 0 Å². The number of allylic oxidation sites excluding steroid dienone is 1. The Balaban J connectivity index is 0.000000424. The molecule has 13 heavy (non-hydrogen) atoms. The van der Waals surface area contributed by atoms with E-state index >= 15 is 0 Å². The molecule has 0 saturated heterocycles. The molecule has 0 aliphatic heterocycles. The Kier molecular flexibility index (Phi) is 5.14. The molecule has 0 unspecified atom stereocenters. The lowest BCUT2D eigenvalue weighted by Gasteiger charge is -1.99. The van der Waals surface area contributed by atoms with Crippen molar-refractivity contribution >= 4 is 14.3 Å². The van der Waals surface area contributed by atoms with Crippen molar-refractivity contribution in [2.45, 2.75) is 6.92 Å². The van der Waals surface area contributed by atoms with Crippen LogP contribution in [0.1, 0.15) is 6.92 Å². The molecule has 0 N–H and O–H groups in total. The van der Waals surface area contributed by atoms with E-state index in [9.17, 15) is 12.3 Å². The first-order valence-corrected chi connectivity index (χ1v) is 5.35. The number of benzene rings is 1. The maximum Gasteiger partial charge on any atom is 0.653 e. The van der Waals surface area contributed by atoms with E-state index in [4.69, 9.17) is 0 Å². The van der Waals surface area contributed by atoms with E-state index in [1.54, 1.807) is 12.1 Å². The molecule has 0 aromatic heterocycles. The Morgan fingerprint density at radius 1 is 1.15 bits per heavy atom. The second-order valence-electron chi connectivity index (χ2n) is 2.27. The van der Waals surface area contributed by atoms with Gasteiger partial charge in [0.25, 0.3) is 0 Å². The first-order chi connectivity index (χ1) is 6.02. The van der Waals surface area contributed by atoms with Crippen LogP contribution in [0.3, 0.4) is 0 Å². The average molecular weight is 204 g/mol. The first kappa shape index (κ1) is 12.0. The van der Waals surface area contributed by atoms with Crippen molar-refractivity contribution in [2.24, 2.45) is 0 Å². The molecule has 0 spiro atoms. The van der Waals surface area contributed by atoms with Crippen LogP contribution in [0.4, 0.5) is 12.3 Å². The number of hydrogen-bond donors (Lipinski definition) is 0. The van der Waals surface area contributed by atoms with Gasteiger partial charge in [-0.15, -0.1) is 6.58 Å². The summed E-state index contributed by atoms with van der Waals surface area (Å²) >= 11 is 0. The molecule has 0 aliphatic carbocycles. The van der Waals surface area contributed by atoms with Crippen molar-refractivity contribution < 1.29 is 12.3 Å². The summed E-state index contributed by atoms with van der Waals surface area (Å²) in [6.07, 6.45) is 1.75. The Morgan fingerprint density at radius 3 is 1.77 bits per heavy atom. The van der Waals surface area contributed by atoms with Gasteiger partial charge in [0.15, 0.2) is 0 Å².